The van der Waals surface area contributed by atoms with E-state index in [4.69, 9.17) is 15.2 Å². The first-order chi connectivity index (χ1) is 12.1. The quantitative estimate of drug-likeness (QED) is 0.754. The van der Waals surface area contributed by atoms with E-state index in [-0.39, 0.29) is 11.7 Å². The number of ether oxygens (including phenoxy) is 2. The van der Waals surface area contributed by atoms with Crippen molar-refractivity contribution in [1.29, 1.82) is 0 Å². The van der Waals surface area contributed by atoms with E-state index < -0.39 is 5.91 Å². The van der Waals surface area contributed by atoms with E-state index in [0.717, 1.165) is 21.1 Å². The molecule has 1 aromatic heterocycles. The van der Waals surface area contributed by atoms with Gasteiger partial charge in [0.15, 0.2) is 0 Å². The van der Waals surface area contributed by atoms with Gasteiger partial charge >= 0.3 is 0 Å². The van der Waals surface area contributed by atoms with Crippen LogP contribution in [0.25, 0.3) is 0 Å². The number of amides is 2. The summed E-state index contributed by atoms with van der Waals surface area (Å²) in [5.41, 5.74) is 6.83. The number of hydrogen-bond acceptors (Lipinski definition) is 6. The molecule has 3 rings (SSSR count). The van der Waals surface area contributed by atoms with Crippen LogP contribution in [0.1, 0.15) is 20.8 Å². The highest BCUT2D eigenvalue weighted by Gasteiger charge is 2.25. The van der Waals surface area contributed by atoms with Crippen LogP contribution >= 0.6 is 23.1 Å². The molecule has 25 heavy (non-hydrogen) atoms. The predicted octanol–water partition coefficient (Wildman–Crippen LogP) is 2.66. The number of thiophene rings is 1. The molecule has 0 unspecified atom stereocenters. The van der Waals surface area contributed by atoms with Crippen molar-refractivity contribution in [2.24, 2.45) is 5.73 Å². The molecule has 2 amide bonds. The van der Waals surface area contributed by atoms with Gasteiger partial charge in [-0.15, -0.1) is 23.1 Å². The second-order valence-electron chi connectivity index (χ2n) is 5.36. The number of carbonyl (C=O) groups is 2. The number of para-hydroxylation sites is 1. The molecule has 1 aromatic carbocycles. The van der Waals surface area contributed by atoms with Crippen LogP contribution in [0.3, 0.4) is 0 Å². The summed E-state index contributed by atoms with van der Waals surface area (Å²) in [5, 5.41) is 3.33. The van der Waals surface area contributed by atoms with Crippen LogP contribution in [0.15, 0.2) is 29.2 Å². The number of anilines is 1. The number of nitrogens with two attached hydrogens (primary N) is 1. The molecular formula is C17H18N2O4S2. The molecule has 0 fully saturated rings. The highest BCUT2D eigenvalue weighted by Crippen LogP contribution is 2.36. The van der Waals surface area contributed by atoms with Crippen molar-refractivity contribution in [3.05, 3.63) is 40.3 Å². The number of fused-ring (bicyclic) bond motifs is 1. The van der Waals surface area contributed by atoms with Crippen molar-refractivity contribution in [2.75, 3.05) is 24.8 Å². The van der Waals surface area contributed by atoms with Gasteiger partial charge in [0.2, 0.25) is 5.91 Å². The number of primary amides is 1. The van der Waals surface area contributed by atoms with E-state index in [0.29, 0.717) is 30.2 Å². The molecule has 1 aliphatic heterocycles. The van der Waals surface area contributed by atoms with E-state index in [1.165, 1.54) is 23.1 Å². The van der Waals surface area contributed by atoms with Gasteiger partial charge in [0.25, 0.3) is 5.91 Å². The van der Waals surface area contributed by atoms with Gasteiger partial charge < -0.3 is 20.5 Å². The van der Waals surface area contributed by atoms with Crippen LogP contribution in [0.2, 0.25) is 0 Å². The number of hydrogen-bond donors (Lipinski definition) is 2. The van der Waals surface area contributed by atoms with Crippen LogP contribution in [-0.4, -0.2) is 31.3 Å². The molecule has 2 aromatic rings. The third-order valence-corrected chi connectivity index (χ3v) is 5.92. The number of carbonyl (C=O) groups excluding carboxylic acids is 2. The topological polar surface area (TPSA) is 90.6 Å². The van der Waals surface area contributed by atoms with Crippen LogP contribution in [0, 0.1) is 0 Å². The van der Waals surface area contributed by atoms with Crippen LogP contribution < -0.4 is 15.8 Å². The van der Waals surface area contributed by atoms with E-state index >= 15 is 0 Å². The van der Waals surface area contributed by atoms with Gasteiger partial charge in [-0.3, -0.25) is 9.59 Å². The summed E-state index contributed by atoms with van der Waals surface area (Å²) in [6.45, 7) is 1.01. The predicted molar refractivity (Wildman–Crippen MR) is 98.5 cm³/mol. The minimum absolute atomic E-state index is 0.196. The lowest BCUT2D eigenvalue weighted by Crippen LogP contribution is -2.20. The monoisotopic (exact) mass is 378 g/mol. The number of rotatable bonds is 6. The van der Waals surface area contributed by atoms with E-state index in [9.17, 15) is 9.59 Å². The first kappa shape index (κ1) is 17.8. The molecule has 0 atom stereocenters. The third-order valence-electron chi connectivity index (χ3n) is 3.75. The molecule has 3 N–H and O–H groups in total. The Bertz CT molecular complexity index is 804. The second-order valence-corrected chi connectivity index (χ2v) is 7.48. The average molecular weight is 378 g/mol. The molecule has 0 saturated heterocycles. The number of benzene rings is 1. The summed E-state index contributed by atoms with van der Waals surface area (Å²) in [7, 11) is 1.59. The number of methoxy groups -OCH3 is 1. The van der Waals surface area contributed by atoms with Crippen molar-refractivity contribution in [1.82, 2.24) is 0 Å². The normalized spacial score (nSPS) is 13.2. The standard InChI is InChI=1S/C17H18N2O4S2/c1-22-11-4-2-3-5-12(11)24-9-14(20)19-17-15(16(18)21)10-6-7-23-8-13(10)25-17/h2-5H,6-9H2,1H3,(H2,18,21)(H,19,20). The summed E-state index contributed by atoms with van der Waals surface area (Å²) in [6.07, 6.45) is 0.635. The van der Waals surface area contributed by atoms with Crippen molar-refractivity contribution >= 4 is 39.9 Å². The van der Waals surface area contributed by atoms with Gasteiger partial charge in [-0.1, -0.05) is 12.1 Å². The third kappa shape index (κ3) is 3.97. The van der Waals surface area contributed by atoms with E-state index in [2.05, 4.69) is 5.32 Å². The molecule has 0 aliphatic carbocycles. The molecule has 0 bridgehead atoms. The SMILES string of the molecule is COc1ccccc1SCC(=O)Nc1sc2c(c1C(N)=O)CCOC2. The summed E-state index contributed by atoms with van der Waals surface area (Å²) < 4.78 is 10.7. The highest BCUT2D eigenvalue weighted by molar-refractivity contribution is 8.00. The van der Waals surface area contributed by atoms with Gasteiger partial charge in [-0.25, -0.2) is 0 Å². The second kappa shape index (κ2) is 7.90. The van der Waals surface area contributed by atoms with E-state index in [1.807, 2.05) is 24.3 Å². The molecule has 6 nitrogen and oxygen atoms in total. The Morgan fingerprint density at radius 1 is 1.40 bits per heavy atom. The number of nitrogens with one attached hydrogen (secondary N) is 1. The fraction of sp³-hybridized carbons (Fsp3) is 0.294. The summed E-state index contributed by atoms with van der Waals surface area (Å²) >= 11 is 2.73. The van der Waals surface area contributed by atoms with Gasteiger partial charge in [-0.2, -0.15) is 0 Å². The van der Waals surface area contributed by atoms with Gasteiger partial charge in [-0.05, 0) is 24.1 Å². The van der Waals surface area contributed by atoms with Gasteiger partial charge in [0, 0.05) is 9.77 Å². The van der Waals surface area contributed by atoms with Crippen molar-refractivity contribution in [3.63, 3.8) is 0 Å². The smallest absolute Gasteiger partial charge is 0.251 e. The molecular weight excluding hydrogens is 360 g/mol. The maximum Gasteiger partial charge on any atom is 0.251 e. The van der Waals surface area contributed by atoms with Crippen molar-refractivity contribution in [3.8, 4) is 5.75 Å². The van der Waals surface area contributed by atoms with Crippen LogP contribution in [-0.2, 0) is 22.6 Å². The summed E-state index contributed by atoms with van der Waals surface area (Å²) in [5.74, 6) is 0.212. The molecule has 0 saturated carbocycles. The van der Waals surface area contributed by atoms with Gasteiger partial charge in [0.1, 0.15) is 10.8 Å². The summed E-state index contributed by atoms with van der Waals surface area (Å²) in [6, 6.07) is 7.51. The molecule has 8 heteroatoms. The van der Waals surface area contributed by atoms with Crippen molar-refractivity contribution in [2.45, 2.75) is 17.9 Å². The Morgan fingerprint density at radius 3 is 2.96 bits per heavy atom. The fourth-order valence-corrected chi connectivity index (χ4v) is 4.66. The summed E-state index contributed by atoms with van der Waals surface area (Å²) in [4.78, 5) is 26.0. The Balaban J connectivity index is 1.71. The first-order valence-electron chi connectivity index (χ1n) is 7.68. The van der Waals surface area contributed by atoms with Gasteiger partial charge in [0.05, 0.1) is 31.6 Å². The fourth-order valence-electron chi connectivity index (χ4n) is 2.63. The lowest BCUT2D eigenvalue weighted by molar-refractivity contribution is -0.113. The zero-order chi connectivity index (χ0) is 17.8. The average Bonchev–Trinajstić information content (AvgIpc) is 2.98. The van der Waals surface area contributed by atoms with Crippen LogP contribution in [0.5, 0.6) is 5.75 Å². The molecule has 2 heterocycles. The molecule has 0 radical (unpaired) electrons. The largest absolute Gasteiger partial charge is 0.496 e. The highest BCUT2D eigenvalue weighted by atomic mass is 32.2. The Hall–Kier alpha value is -2.03. The van der Waals surface area contributed by atoms with Crippen LogP contribution in [0.4, 0.5) is 5.00 Å². The molecule has 132 valence electrons. The number of thioether (sulfide) groups is 1. The first-order valence-corrected chi connectivity index (χ1v) is 9.48. The van der Waals surface area contributed by atoms with E-state index in [1.54, 1.807) is 7.11 Å². The lowest BCUT2D eigenvalue weighted by atomic mass is 10.1. The minimum atomic E-state index is -0.521. The Morgan fingerprint density at radius 2 is 2.20 bits per heavy atom. The maximum absolute atomic E-state index is 12.3. The maximum atomic E-state index is 12.3. The lowest BCUT2D eigenvalue weighted by Gasteiger charge is -2.12. The molecule has 1 aliphatic rings. The zero-order valence-electron chi connectivity index (χ0n) is 13.7. The van der Waals surface area contributed by atoms with Crippen molar-refractivity contribution < 1.29 is 19.1 Å². The zero-order valence-corrected chi connectivity index (χ0v) is 15.3. The Labute approximate surface area is 153 Å². The Kier molecular flexibility index (Phi) is 5.62. The minimum Gasteiger partial charge on any atom is -0.496 e. The molecule has 0 spiro atoms.